The summed E-state index contributed by atoms with van der Waals surface area (Å²) in [6.45, 7) is 8.15. The Hall–Kier alpha value is -2.04. The lowest BCUT2D eigenvalue weighted by molar-refractivity contribution is 0.0851. The summed E-state index contributed by atoms with van der Waals surface area (Å²) in [4.78, 5) is 14.4. The van der Waals surface area contributed by atoms with Crippen molar-refractivity contribution < 1.29 is 9.53 Å². The SMILES string of the molecule is C=CCC(c1cc(Cl)ccc1Br)N(CC=C)C(=O)OCc1ccccc1. The molecule has 0 aromatic heterocycles. The van der Waals surface area contributed by atoms with Crippen molar-refractivity contribution in [1.29, 1.82) is 0 Å². The quantitative estimate of drug-likeness (QED) is 0.441. The molecule has 2 rings (SSSR count). The molecule has 0 saturated carbocycles. The highest BCUT2D eigenvalue weighted by atomic mass is 79.9. The number of nitrogens with zero attached hydrogens (tertiary/aromatic N) is 1. The van der Waals surface area contributed by atoms with Crippen molar-refractivity contribution in [1.82, 2.24) is 4.90 Å². The van der Waals surface area contributed by atoms with E-state index in [1.54, 1.807) is 23.1 Å². The van der Waals surface area contributed by atoms with E-state index in [4.69, 9.17) is 16.3 Å². The first kappa shape index (κ1) is 20.3. The highest BCUT2D eigenvalue weighted by Crippen LogP contribution is 2.33. The van der Waals surface area contributed by atoms with Crippen molar-refractivity contribution in [2.45, 2.75) is 19.1 Å². The summed E-state index contributed by atoms with van der Waals surface area (Å²) in [5, 5.41) is 0.605. The molecule has 0 radical (unpaired) electrons. The maximum Gasteiger partial charge on any atom is 0.410 e. The average molecular weight is 435 g/mol. The van der Waals surface area contributed by atoms with E-state index < -0.39 is 6.09 Å². The number of halogens is 2. The van der Waals surface area contributed by atoms with Gasteiger partial charge in [0.15, 0.2) is 0 Å². The Bertz CT molecular complexity index is 764. The second-order valence-corrected chi connectivity index (χ2v) is 6.98. The van der Waals surface area contributed by atoms with Crippen LogP contribution in [0, 0.1) is 0 Å². The summed E-state index contributed by atoms with van der Waals surface area (Å²) < 4.78 is 6.39. The van der Waals surface area contributed by atoms with Crippen molar-refractivity contribution in [3.63, 3.8) is 0 Å². The molecule has 136 valence electrons. The second-order valence-electron chi connectivity index (χ2n) is 5.69. The first-order chi connectivity index (χ1) is 12.6. The molecular weight excluding hydrogens is 414 g/mol. The van der Waals surface area contributed by atoms with Crippen molar-refractivity contribution in [2.75, 3.05) is 6.54 Å². The minimum atomic E-state index is -0.410. The summed E-state index contributed by atoms with van der Waals surface area (Å²) in [7, 11) is 0. The number of carbonyl (C=O) groups excluding carboxylic acids is 1. The third kappa shape index (κ3) is 5.48. The molecule has 1 atom stereocenters. The average Bonchev–Trinajstić information content (AvgIpc) is 2.65. The first-order valence-electron chi connectivity index (χ1n) is 8.21. The van der Waals surface area contributed by atoms with E-state index in [0.717, 1.165) is 15.6 Å². The van der Waals surface area contributed by atoms with Crippen LogP contribution < -0.4 is 0 Å². The molecule has 0 heterocycles. The molecule has 0 fully saturated rings. The molecule has 0 aliphatic heterocycles. The van der Waals surface area contributed by atoms with Crippen LogP contribution in [-0.4, -0.2) is 17.5 Å². The molecular formula is C21H21BrClNO2. The van der Waals surface area contributed by atoms with Gasteiger partial charge in [-0.2, -0.15) is 0 Å². The van der Waals surface area contributed by atoms with Crippen LogP contribution in [0.15, 0.2) is 78.3 Å². The van der Waals surface area contributed by atoms with Crippen LogP contribution in [0.4, 0.5) is 4.79 Å². The van der Waals surface area contributed by atoms with E-state index in [-0.39, 0.29) is 12.6 Å². The van der Waals surface area contributed by atoms with Gasteiger partial charge < -0.3 is 4.74 Å². The van der Waals surface area contributed by atoms with Crippen LogP contribution in [0.25, 0.3) is 0 Å². The maximum absolute atomic E-state index is 12.8. The molecule has 0 N–H and O–H groups in total. The number of hydrogen-bond donors (Lipinski definition) is 0. The van der Waals surface area contributed by atoms with Crippen molar-refractivity contribution >= 4 is 33.6 Å². The van der Waals surface area contributed by atoms with Gasteiger partial charge in [0.25, 0.3) is 0 Å². The number of carbonyl (C=O) groups is 1. The largest absolute Gasteiger partial charge is 0.445 e. The Morgan fingerprint density at radius 2 is 1.92 bits per heavy atom. The summed E-state index contributed by atoms with van der Waals surface area (Å²) >= 11 is 9.71. The van der Waals surface area contributed by atoms with Crippen molar-refractivity contribution in [2.24, 2.45) is 0 Å². The van der Waals surface area contributed by atoms with Gasteiger partial charge in [-0.25, -0.2) is 4.79 Å². The normalized spacial score (nSPS) is 11.5. The minimum absolute atomic E-state index is 0.213. The Labute approximate surface area is 168 Å². The Morgan fingerprint density at radius 1 is 1.19 bits per heavy atom. The van der Waals surface area contributed by atoms with Crippen LogP contribution >= 0.6 is 27.5 Å². The summed E-state index contributed by atoms with van der Waals surface area (Å²) in [6, 6.07) is 14.8. The maximum atomic E-state index is 12.8. The van der Waals surface area contributed by atoms with Gasteiger partial charge in [-0.3, -0.25) is 4.90 Å². The molecule has 1 amide bonds. The standard InChI is InChI=1S/C21H21BrClNO2/c1-3-8-20(18-14-17(23)11-12-19(18)22)24(13-4-2)21(25)26-15-16-9-6-5-7-10-16/h3-7,9-12,14,20H,1-2,8,13,15H2. The van der Waals surface area contributed by atoms with E-state index in [1.807, 2.05) is 42.5 Å². The lowest BCUT2D eigenvalue weighted by atomic mass is 10.0. The number of benzene rings is 2. The fourth-order valence-corrected chi connectivity index (χ4v) is 3.31. The molecule has 26 heavy (non-hydrogen) atoms. The van der Waals surface area contributed by atoms with Crippen LogP contribution in [0.1, 0.15) is 23.6 Å². The van der Waals surface area contributed by atoms with Gasteiger partial charge >= 0.3 is 6.09 Å². The van der Waals surface area contributed by atoms with E-state index in [9.17, 15) is 4.79 Å². The van der Waals surface area contributed by atoms with E-state index in [2.05, 4.69) is 29.1 Å². The third-order valence-corrected chi connectivity index (χ3v) is 4.81. The molecule has 0 aliphatic rings. The van der Waals surface area contributed by atoms with Gasteiger partial charge in [-0.15, -0.1) is 13.2 Å². The Balaban J connectivity index is 2.25. The topological polar surface area (TPSA) is 29.5 Å². The first-order valence-corrected chi connectivity index (χ1v) is 9.38. The molecule has 0 spiro atoms. The van der Waals surface area contributed by atoms with Gasteiger partial charge in [-0.1, -0.05) is 70.0 Å². The molecule has 0 bridgehead atoms. The zero-order valence-electron chi connectivity index (χ0n) is 14.4. The van der Waals surface area contributed by atoms with Crippen molar-refractivity contribution in [3.8, 4) is 0 Å². The van der Waals surface area contributed by atoms with E-state index in [1.165, 1.54) is 0 Å². The van der Waals surface area contributed by atoms with Gasteiger partial charge in [0.1, 0.15) is 6.61 Å². The number of rotatable bonds is 8. The van der Waals surface area contributed by atoms with Gasteiger partial charge in [0.2, 0.25) is 0 Å². The molecule has 1 unspecified atom stereocenters. The number of ether oxygens (including phenoxy) is 1. The molecule has 2 aromatic carbocycles. The van der Waals surface area contributed by atoms with Crippen LogP contribution in [0.3, 0.4) is 0 Å². The third-order valence-electron chi connectivity index (χ3n) is 3.85. The van der Waals surface area contributed by atoms with Crippen LogP contribution in [0.2, 0.25) is 5.02 Å². The van der Waals surface area contributed by atoms with Gasteiger partial charge in [0.05, 0.1) is 6.04 Å². The highest BCUT2D eigenvalue weighted by Gasteiger charge is 2.26. The smallest absolute Gasteiger partial charge is 0.410 e. The fourth-order valence-electron chi connectivity index (χ4n) is 2.62. The Kier molecular flexibility index (Phi) is 7.95. The number of amides is 1. The molecule has 0 saturated heterocycles. The highest BCUT2D eigenvalue weighted by molar-refractivity contribution is 9.10. The van der Waals surface area contributed by atoms with Crippen LogP contribution in [0.5, 0.6) is 0 Å². The van der Waals surface area contributed by atoms with Crippen LogP contribution in [-0.2, 0) is 11.3 Å². The fraction of sp³-hybridized carbons (Fsp3) is 0.190. The van der Waals surface area contributed by atoms with Gasteiger partial charge in [-0.05, 0) is 35.7 Å². The minimum Gasteiger partial charge on any atom is -0.445 e. The molecule has 3 nitrogen and oxygen atoms in total. The predicted octanol–water partition coefficient (Wildman–Crippen LogP) is 6.54. The molecule has 0 aliphatic carbocycles. The van der Waals surface area contributed by atoms with Crippen molar-refractivity contribution in [3.05, 3.63) is 94.5 Å². The second kappa shape index (κ2) is 10.2. The Morgan fingerprint density at radius 3 is 2.58 bits per heavy atom. The monoisotopic (exact) mass is 433 g/mol. The van der Waals surface area contributed by atoms with E-state index in [0.29, 0.717) is 18.0 Å². The predicted molar refractivity (Wildman–Crippen MR) is 110 cm³/mol. The summed E-state index contributed by atoms with van der Waals surface area (Å²) in [6.07, 6.45) is 3.61. The summed E-state index contributed by atoms with van der Waals surface area (Å²) in [5.41, 5.74) is 1.83. The lowest BCUT2D eigenvalue weighted by Gasteiger charge is -2.30. The van der Waals surface area contributed by atoms with E-state index >= 15 is 0 Å². The van der Waals surface area contributed by atoms with Gasteiger partial charge in [0, 0.05) is 16.0 Å². The zero-order valence-corrected chi connectivity index (χ0v) is 16.7. The molecule has 2 aromatic rings. The summed E-state index contributed by atoms with van der Waals surface area (Å²) in [5.74, 6) is 0. The zero-order chi connectivity index (χ0) is 18.9. The number of hydrogen-bond acceptors (Lipinski definition) is 2. The lowest BCUT2D eigenvalue weighted by Crippen LogP contribution is -2.35. The molecule has 5 heteroatoms.